The number of halogens is 1. The van der Waals surface area contributed by atoms with Crippen molar-refractivity contribution in [1.29, 1.82) is 0 Å². The van der Waals surface area contributed by atoms with Gasteiger partial charge >= 0.3 is 0 Å². The number of likely N-dealkylation sites (N-methyl/N-ethyl adjacent to an activating group) is 1. The van der Waals surface area contributed by atoms with E-state index in [2.05, 4.69) is 15.9 Å². The molecule has 0 aliphatic rings. The van der Waals surface area contributed by atoms with E-state index < -0.39 is 6.04 Å². The average Bonchev–Trinajstić information content (AvgIpc) is 2.38. The van der Waals surface area contributed by atoms with Crippen molar-refractivity contribution in [3.63, 3.8) is 0 Å². The Morgan fingerprint density at radius 2 is 2.06 bits per heavy atom. The Morgan fingerprint density at radius 3 is 2.61 bits per heavy atom. The van der Waals surface area contributed by atoms with Crippen LogP contribution in [0, 0.1) is 5.92 Å². The minimum atomic E-state index is -0.414. The topological polar surface area (TPSA) is 46.3 Å². The highest BCUT2D eigenvalue weighted by Gasteiger charge is 2.22. The summed E-state index contributed by atoms with van der Waals surface area (Å²) in [5.74, 6) is 0.208. The van der Waals surface area contributed by atoms with Crippen LogP contribution in [0.15, 0.2) is 28.7 Å². The Morgan fingerprint density at radius 1 is 1.44 bits per heavy atom. The highest BCUT2D eigenvalue weighted by molar-refractivity contribution is 9.10. The highest BCUT2D eigenvalue weighted by atomic mass is 79.9. The van der Waals surface area contributed by atoms with Crippen molar-refractivity contribution in [3.8, 4) is 0 Å². The molecule has 100 valence electrons. The van der Waals surface area contributed by atoms with E-state index in [1.54, 1.807) is 11.9 Å². The molecule has 3 nitrogen and oxygen atoms in total. The summed E-state index contributed by atoms with van der Waals surface area (Å²) in [4.78, 5) is 13.8. The fourth-order valence-electron chi connectivity index (χ4n) is 1.71. The van der Waals surface area contributed by atoms with Crippen LogP contribution < -0.4 is 5.73 Å². The Balaban J connectivity index is 2.68. The van der Waals surface area contributed by atoms with Gasteiger partial charge in [0.05, 0.1) is 6.04 Å². The second-order valence-electron chi connectivity index (χ2n) is 4.70. The van der Waals surface area contributed by atoms with Crippen molar-refractivity contribution in [2.45, 2.75) is 32.9 Å². The van der Waals surface area contributed by atoms with Crippen LogP contribution in [0.25, 0.3) is 0 Å². The number of hydrogen-bond acceptors (Lipinski definition) is 2. The van der Waals surface area contributed by atoms with Gasteiger partial charge in [-0.3, -0.25) is 4.79 Å². The fourth-order valence-corrected chi connectivity index (χ4v) is 2.12. The summed E-state index contributed by atoms with van der Waals surface area (Å²) in [6, 6.07) is 7.49. The van der Waals surface area contributed by atoms with E-state index in [1.165, 1.54) is 0 Å². The lowest BCUT2D eigenvalue weighted by molar-refractivity contribution is -0.132. The lowest BCUT2D eigenvalue weighted by atomic mass is 9.99. The third-order valence-electron chi connectivity index (χ3n) is 3.28. The van der Waals surface area contributed by atoms with E-state index in [4.69, 9.17) is 5.73 Å². The number of nitrogens with two attached hydrogens (primary N) is 1. The molecule has 0 radical (unpaired) electrons. The zero-order valence-electron chi connectivity index (χ0n) is 11.2. The van der Waals surface area contributed by atoms with Crippen LogP contribution in [-0.4, -0.2) is 23.9 Å². The van der Waals surface area contributed by atoms with Crippen LogP contribution in [0.1, 0.15) is 25.8 Å². The molecule has 2 N–H and O–H groups in total. The molecule has 0 bridgehead atoms. The second-order valence-corrected chi connectivity index (χ2v) is 5.55. The molecule has 4 heteroatoms. The largest absolute Gasteiger partial charge is 0.340 e. The molecule has 0 aromatic heterocycles. The van der Waals surface area contributed by atoms with Crippen molar-refractivity contribution < 1.29 is 4.79 Å². The molecule has 1 rings (SSSR count). The molecule has 0 saturated carbocycles. The lowest BCUT2D eigenvalue weighted by Crippen LogP contribution is -2.45. The maximum absolute atomic E-state index is 12.1. The van der Waals surface area contributed by atoms with Gasteiger partial charge in [0.25, 0.3) is 0 Å². The van der Waals surface area contributed by atoms with Gasteiger partial charge in [0.15, 0.2) is 0 Å². The molecular weight excluding hydrogens is 292 g/mol. The van der Waals surface area contributed by atoms with Crippen LogP contribution in [0.2, 0.25) is 0 Å². The summed E-state index contributed by atoms with van der Waals surface area (Å²) in [7, 11) is 1.80. The minimum absolute atomic E-state index is 0.0000954. The molecule has 0 aliphatic carbocycles. The number of carbonyl (C=O) groups excluding carboxylic acids is 1. The minimum Gasteiger partial charge on any atom is -0.340 e. The van der Waals surface area contributed by atoms with Crippen LogP contribution in [0.3, 0.4) is 0 Å². The van der Waals surface area contributed by atoms with Gasteiger partial charge in [0.1, 0.15) is 0 Å². The van der Waals surface area contributed by atoms with E-state index in [9.17, 15) is 4.79 Å². The zero-order valence-corrected chi connectivity index (χ0v) is 12.8. The Labute approximate surface area is 117 Å². The molecular formula is C14H21BrN2O. The summed E-state index contributed by atoms with van der Waals surface area (Å²) in [5.41, 5.74) is 7.05. The molecule has 18 heavy (non-hydrogen) atoms. The van der Waals surface area contributed by atoms with Gasteiger partial charge in [-0.1, -0.05) is 54.4 Å². The molecule has 1 amide bonds. The lowest BCUT2D eigenvalue weighted by Gasteiger charge is -2.25. The third kappa shape index (κ3) is 3.82. The number of rotatable bonds is 5. The van der Waals surface area contributed by atoms with Gasteiger partial charge in [0, 0.05) is 18.1 Å². The Bertz CT molecular complexity index is 409. The first-order valence-electron chi connectivity index (χ1n) is 6.21. The summed E-state index contributed by atoms with van der Waals surface area (Å²) < 4.78 is 1.02. The van der Waals surface area contributed by atoms with Crippen LogP contribution >= 0.6 is 15.9 Å². The molecule has 0 saturated heterocycles. The van der Waals surface area contributed by atoms with E-state index in [1.807, 2.05) is 38.1 Å². The van der Waals surface area contributed by atoms with Crippen molar-refractivity contribution in [2.24, 2.45) is 11.7 Å². The average molecular weight is 313 g/mol. The van der Waals surface area contributed by atoms with Gasteiger partial charge in [0.2, 0.25) is 5.91 Å². The second kappa shape index (κ2) is 6.90. The number of carbonyl (C=O) groups is 1. The predicted octanol–water partition coefficient (Wildman–Crippen LogP) is 2.78. The number of amides is 1. The standard InChI is InChI=1S/C14H21BrN2O/c1-4-10(2)13(16)14(18)17(3)9-11-7-5-6-8-12(11)15/h5-8,10,13H,4,9,16H2,1-3H3. The molecule has 1 aromatic carbocycles. The molecule has 0 heterocycles. The van der Waals surface area contributed by atoms with E-state index >= 15 is 0 Å². The van der Waals surface area contributed by atoms with E-state index in [0.29, 0.717) is 6.54 Å². The molecule has 2 atom stereocenters. The Hall–Kier alpha value is -0.870. The van der Waals surface area contributed by atoms with E-state index in [-0.39, 0.29) is 11.8 Å². The predicted molar refractivity (Wildman–Crippen MR) is 78.0 cm³/mol. The SMILES string of the molecule is CCC(C)C(N)C(=O)N(C)Cc1ccccc1Br. The van der Waals surface area contributed by atoms with Gasteiger partial charge < -0.3 is 10.6 Å². The summed E-state index contributed by atoms with van der Waals surface area (Å²) in [5, 5.41) is 0. The van der Waals surface area contributed by atoms with E-state index in [0.717, 1.165) is 16.5 Å². The normalized spacial score (nSPS) is 14.1. The summed E-state index contributed by atoms with van der Waals surface area (Å²) in [6.07, 6.45) is 0.912. The van der Waals surface area contributed by atoms with Crippen LogP contribution in [0.5, 0.6) is 0 Å². The van der Waals surface area contributed by atoms with Crippen LogP contribution in [0.4, 0.5) is 0 Å². The molecule has 1 aromatic rings. The first-order chi connectivity index (χ1) is 8.47. The van der Waals surface area contributed by atoms with Gasteiger partial charge in [-0.25, -0.2) is 0 Å². The fraction of sp³-hybridized carbons (Fsp3) is 0.500. The first kappa shape index (κ1) is 15.2. The number of benzene rings is 1. The summed E-state index contributed by atoms with van der Waals surface area (Å²) >= 11 is 3.48. The van der Waals surface area contributed by atoms with Gasteiger partial charge in [-0.15, -0.1) is 0 Å². The first-order valence-corrected chi connectivity index (χ1v) is 7.00. The molecule has 0 aliphatic heterocycles. The Kier molecular flexibility index (Phi) is 5.82. The van der Waals surface area contributed by atoms with Crippen molar-refractivity contribution in [1.82, 2.24) is 4.90 Å². The highest BCUT2D eigenvalue weighted by Crippen LogP contribution is 2.18. The van der Waals surface area contributed by atoms with Crippen molar-refractivity contribution in [3.05, 3.63) is 34.3 Å². The van der Waals surface area contributed by atoms with Gasteiger partial charge in [-0.2, -0.15) is 0 Å². The van der Waals surface area contributed by atoms with Crippen molar-refractivity contribution >= 4 is 21.8 Å². The maximum Gasteiger partial charge on any atom is 0.239 e. The molecule has 0 spiro atoms. The third-order valence-corrected chi connectivity index (χ3v) is 4.06. The van der Waals surface area contributed by atoms with Gasteiger partial charge in [-0.05, 0) is 17.5 Å². The summed E-state index contributed by atoms with van der Waals surface area (Å²) in [6.45, 7) is 4.63. The number of nitrogens with zero attached hydrogens (tertiary/aromatic N) is 1. The molecule has 0 fully saturated rings. The monoisotopic (exact) mass is 312 g/mol. The quantitative estimate of drug-likeness (QED) is 0.908. The molecule has 2 unspecified atom stereocenters. The number of hydrogen-bond donors (Lipinski definition) is 1. The zero-order chi connectivity index (χ0) is 13.7. The maximum atomic E-state index is 12.1. The smallest absolute Gasteiger partial charge is 0.239 e. The van der Waals surface area contributed by atoms with Crippen molar-refractivity contribution in [2.75, 3.05) is 7.05 Å². The van der Waals surface area contributed by atoms with Crippen LogP contribution in [-0.2, 0) is 11.3 Å².